The van der Waals surface area contributed by atoms with Crippen molar-refractivity contribution in [3.05, 3.63) is 0 Å². The minimum atomic E-state index is 0.310. The third kappa shape index (κ3) is 2.27. The van der Waals surface area contributed by atoms with Crippen LogP contribution in [-0.2, 0) is 0 Å². The molecule has 1 saturated carbocycles. The van der Waals surface area contributed by atoms with Crippen LogP contribution in [-0.4, -0.2) is 55.1 Å². The average Bonchev–Trinajstić information content (AvgIpc) is 2.57. The molecule has 3 heteroatoms. The summed E-state index contributed by atoms with van der Waals surface area (Å²) < 4.78 is 0. The molecule has 1 saturated heterocycles. The maximum atomic E-state index is 6.10. The number of rotatable bonds is 2. The normalized spacial score (nSPS) is 36.8. The number of likely N-dealkylation sites (N-methyl/N-ethyl adjacent to an activating group) is 1. The highest BCUT2D eigenvalue weighted by Crippen LogP contribution is 2.46. The van der Waals surface area contributed by atoms with Crippen LogP contribution in [0.4, 0.5) is 0 Å². The Morgan fingerprint density at radius 1 is 1.06 bits per heavy atom. The van der Waals surface area contributed by atoms with Crippen molar-refractivity contribution in [2.24, 2.45) is 11.1 Å². The van der Waals surface area contributed by atoms with Gasteiger partial charge in [0.1, 0.15) is 0 Å². The van der Waals surface area contributed by atoms with E-state index in [2.05, 4.69) is 30.7 Å². The van der Waals surface area contributed by atoms with E-state index >= 15 is 0 Å². The topological polar surface area (TPSA) is 32.5 Å². The molecule has 16 heavy (non-hydrogen) atoms. The van der Waals surface area contributed by atoms with Crippen LogP contribution in [0.5, 0.6) is 0 Å². The first-order valence-corrected chi connectivity index (χ1v) is 6.61. The fourth-order valence-corrected chi connectivity index (χ4v) is 3.49. The van der Waals surface area contributed by atoms with Gasteiger partial charge >= 0.3 is 0 Å². The second-order valence-corrected chi connectivity index (χ2v) is 6.56. The zero-order valence-electron chi connectivity index (χ0n) is 11.1. The van der Waals surface area contributed by atoms with Crippen molar-refractivity contribution in [2.75, 3.05) is 39.8 Å². The molecular weight excluding hydrogens is 198 g/mol. The molecule has 0 bridgehead atoms. The Morgan fingerprint density at radius 3 is 2.12 bits per heavy atom. The van der Waals surface area contributed by atoms with Gasteiger partial charge < -0.3 is 10.6 Å². The Kier molecular flexibility index (Phi) is 3.30. The summed E-state index contributed by atoms with van der Waals surface area (Å²) in [6, 6.07) is 0. The van der Waals surface area contributed by atoms with E-state index in [-0.39, 0.29) is 0 Å². The van der Waals surface area contributed by atoms with Crippen molar-refractivity contribution in [3.8, 4) is 0 Å². The molecule has 1 heterocycles. The zero-order valence-corrected chi connectivity index (χ0v) is 11.1. The highest BCUT2D eigenvalue weighted by atomic mass is 15.3. The lowest BCUT2D eigenvalue weighted by molar-refractivity contribution is 0.0419. The van der Waals surface area contributed by atoms with Gasteiger partial charge in [0.15, 0.2) is 0 Å². The Morgan fingerprint density at radius 2 is 1.69 bits per heavy atom. The third-order valence-electron chi connectivity index (χ3n) is 4.63. The predicted molar refractivity (Wildman–Crippen MR) is 68.5 cm³/mol. The van der Waals surface area contributed by atoms with E-state index in [4.69, 9.17) is 5.73 Å². The van der Waals surface area contributed by atoms with Crippen molar-refractivity contribution >= 4 is 0 Å². The fraction of sp³-hybridized carbons (Fsp3) is 1.00. The van der Waals surface area contributed by atoms with Gasteiger partial charge in [0.2, 0.25) is 0 Å². The summed E-state index contributed by atoms with van der Waals surface area (Å²) >= 11 is 0. The molecule has 2 aliphatic rings. The molecule has 1 aliphatic heterocycles. The maximum Gasteiger partial charge on any atom is 0.0338 e. The van der Waals surface area contributed by atoms with Gasteiger partial charge in [0, 0.05) is 38.3 Å². The molecular formula is C13H27N3. The Hall–Kier alpha value is -0.120. The predicted octanol–water partition coefficient (Wildman–Crippen LogP) is 1.14. The summed E-state index contributed by atoms with van der Waals surface area (Å²) in [4.78, 5) is 5.09. The summed E-state index contributed by atoms with van der Waals surface area (Å²) in [6.45, 7) is 10.4. The molecule has 3 nitrogen and oxygen atoms in total. The monoisotopic (exact) mass is 225 g/mol. The van der Waals surface area contributed by atoms with Crippen LogP contribution in [0.1, 0.15) is 33.1 Å². The van der Waals surface area contributed by atoms with Crippen LogP contribution in [0, 0.1) is 5.41 Å². The molecule has 0 aromatic rings. The van der Waals surface area contributed by atoms with Crippen molar-refractivity contribution < 1.29 is 0 Å². The van der Waals surface area contributed by atoms with Gasteiger partial charge in [-0.05, 0) is 31.7 Å². The van der Waals surface area contributed by atoms with Gasteiger partial charge in [-0.1, -0.05) is 13.8 Å². The number of nitrogens with two attached hydrogens (primary N) is 1. The minimum Gasteiger partial charge on any atom is -0.329 e. The molecule has 0 radical (unpaired) electrons. The first kappa shape index (κ1) is 12.3. The van der Waals surface area contributed by atoms with E-state index in [0.717, 1.165) is 6.54 Å². The SMILES string of the molecule is CN1CCN(C2(CN)CCC(C)(C)C2)CC1. The molecule has 1 unspecified atom stereocenters. The first-order valence-electron chi connectivity index (χ1n) is 6.61. The second kappa shape index (κ2) is 4.28. The van der Waals surface area contributed by atoms with Crippen LogP contribution >= 0.6 is 0 Å². The van der Waals surface area contributed by atoms with Crippen LogP contribution in [0.3, 0.4) is 0 Å². The summed E-state index contributed by atoms with van der Waals surface area (Å²) in [5.74, 6) is 0. The van der Waals surface area contributed by atoms with Crippen LogP contribution in [0.2, 0.25) is 0 Å². The van der Waals surface area contributed by atoms with E-state index in [1.807, 2.05) is 0 Å². The van der Waals surface area contributed by atoms with Gasteiger partial charge in [-0.2, -0.15) is 0 Å². The molecule has 0 aromatic heterocycles. The Bertz CT molecular complexity index is 244. The van der Waals surface area contributed by atoms with Crippen molar-refractivity contribution in [2.45, 2.75) is 38.6 Å². The van der Waals surface area contributed by atoms with Gasteiger partial charge in [0.25, 0.3) is 0 Å². The lowest BCUT2D eigenvalue weighted by atomic mass is 9.86. The number of hydrogen-bond acceptors (Lipinski definition) is 3. The molecule has 2 fully saturated rings. The smallest absolute Gasteiger partial charge is 0.0338 e. The molecule has 0 amide bonds. The molecule has 1 aliphatic carbocycles. The van der Waals surface area contributed by atoms with Crippen molar-refractivity contribution in [1.29, 1.82) is 0 Å². The van der Waals surface area contributed by atoms with E-state index in [1.165, 1.54) is 45.4 Å². The number of hydrogen-bond donors (Lipinski definition) is 1. The second-order valence-electron chi connectivity index (χ2n) is 6.56. The van der Waals surface area contributed by atoms with Crippen molar-refractivity contribution in [1.82, 2.24) is 9.80 Å². The quantitative estimate of drug-likeness (QED) is 0.765. The average molecular weight is 225 g/mol. The van der Waals surface area contributed by atoms with Crippen LogP contribution in [0.25, 0.3) is 0 Å². The lowest BCUT2D eigenvalue weighted by Crippen LogP contribution is -2.58. The van der Waals surface area contributed by atoms with E-state index in [9.17, 15) is 0 Å². The highest BCUT2D eigenvalue weighted by Gasteiger charge is 2.46. The maximum absolute atomic E-state index is 6.10. The van der Waals surface area contributed by atoms with E-state index < -0.39 is 0 Å². The number of nitrogens with zero attached hydrogens (tertiary/aromatic N) is 2. The standard InChI is InChI=1S/C13H27N3/c1-12(2)4-5-13(10-12,11-14)16-8-6-15(3)7-9-16/h4-11,14H2,1-3H3. The molecule has 0 aromatic carbocycles. The first-order chi connectivity index (χ1) is 7.47. The van der Waals surface area contributed by atoms with Crippen LogP contribution in [0.15, 0.2) is 0 Å². The van der Waals surface area contributed by atoms with E-state index in [0.29, 0.717) is 11.0 Å². The van der Waals surface area contributed by atoms with Gasteiger partial charge in [-0.15, -0.1) is 0 Å². The molecule has 0 spiro atoms. The van der Waals surface area contributed by atoms with Crippen molar-refractivity contribution in [3.63, 3.8) is 0 Å². The lowest BCUT2D eigenvalue weighted by Gasteiger charge is -2.45. The third-order valence-corrected chi connectivity index (χ3v) is 4.63. The largest absolute Gasteiger partial charge is 0.329 e. The minimum absolute atomic E-state index is 0.310. The number of piperazine rings is 1. The fourth-order valence-electron chi connectivity index (χ4n) is 3.49. The summed E-state index contributed by atoms with van der Waals surface area (Å²) in [7, 11) is 2.21. The molecule has 1 atom stereocenters. The van der Waals surface area contributed by atoms with Gasteiger partial charge in [0.05, 0.1) is 0 Å². The van der Waals surface area contributed by atoms with Gasteiger partial charge in [-0.3, -0.25) is 4.90 Å². The summed E-state index contributed by atoms with van der Waals surface area (Å²) in [5.41, 5.74) is 6.90. The van der Waals surface area contributed by atoms with E-state index in [1.54, 1.807) is 0 Å². The van der Waals surface area contributed by atoms with Gasteiger partial charge in [-0.25, -0.2) is 0 Å². The Labute approximate surface area is 100.0 Å². The zero-order chi connectivity index (χ0) is 11.8. The Balaban J connectivity index is 2.05. The summed E-state index contributed by atoms with van der Waals surface area (Å²) in [6.07, 6.45) is 3.90. The molecule has 2 N–H and O–H groups in total. The summed E-state index contributed by atoms with van der Waals surface area (Å²) in [5, 5.41) is 0. The highest BCUT2D eigenvalue weighted by molar-refractivity contribution is 5.03. The van der Waals surface area contributed by atoms with Crippen LogP contribution < -0.4 is 5.73 Å². The molecule has 2 rings (SSSR count). The molecule has 94 valence electrons.